The van der Waals surface area contributed by atoms with Crippen LogP contribution < -0.4 is 10.2 Å². The summed E-state index contributed by atoms with van der Waals surface area (Å²) >= 11 is 0. The van der Waals surface area contributed by atoms with Gasteiger partial charge >= 0.3 is 0 Å². The number of carbonyl (C=O) groups is 2. The number of nitrogens with zero attached hydrogens (tertiary/aromatic N) is 2. The van der Waals surface area contributed by atoms with Gasteiger partial charge in [0.1, 0.15) is 0 Å². The molecule has 1 aliphatic heterocycles. The highest BCUT2D eigenvalue weighted by atomic mass is 16.2. The third kappa shape index (κ3) is 3.21. The summed E-state index contributed by atoms with van der Waals surface area (Å²) in [5.41, 5.74) is 4.42. The van der Waals surface area contributed by atoms with Gasteiger partial charge in [-0.2, -0.15) is 0 Å². The molecule has 2 heterocycles. The minimum absolute atomic E-state index is 0.139. The molecule has 1 aromatic heterocycles. The number of anilines is 2. The molecule has 134 valence electrons. The number of rotatable bonds is 3. The number of aryl methyl sites for hydroxylation is 2. The van der Waals surface area contributed by atoms with Gasteiger partial charge in [-0.05, 0) is 68.9 Å². The highest BCUT2D eigenvalue weighted by Gasteiger charge is 2.28. The van der Waals surface area contributed by atoms with E-state index in [9.17, 15) is 9.59 Å². The van der Waals surface area contributed by atoms with Gasteiger partial charge < -0.3 is 10.2 Å². The number of nitrogens with one attached hydrogen (secondary N) is 1. The van der Waals surface area contributed by atoms with Gasteiger partial charge in [-0.3, -0.25) is 14.6 Å². The van der Waals surface area contributed by atoms with Crippen LogP contribution in [0.3, 0.4) is 0 Å². The van der Waals surface area contributed by atoms with Gasteiger partial charge in [0.2, 0.25) is 5.91 Å². The van der Waals surface area contributed by atoms with Gasteiger partial charge in [0.05, 0.1) is 5.56 Å². The first-order valence-corrected chi connectivity index (χ1v) is 9.33. The molecule has 4 rings (SSSR count). The standard InChI is InChI=1S/C21H23N3O2/c1-14-9-10-20(25)24(14)18-7-4-6-17(12-18)23-21(26)16-11-15-5-2-3-8-19(15)22-13-16/h4,6-7,11-14H,2-3,5,8-10H2,1H3,(H,23,26). The first-order chi connectivity index (χ1) is 12.6. The zero-order chi connectivity index (χ0) is 18.1. The third-order valence-corrected chi connectivity index (χ3v) is 5.30. The van der Waals surface area contributed by atoms with Crippen molar-refractivity contribution < 1.29 is 9.59 Å². The summed E-state index contributed by atoms with van der Waals surface area (Å²) < 4.78 is 0. The second-order valence-electron chi connectivity index (χ2n) is 7.19. The Kier molecular flexibility index (Phi) is 4.45. The molecule has 0 bridgehead atoms. The van der Waals surface area contributed by atoms with E-state index in [-0.39, 0.29) is 17.9 Å². The van der Waals surface area contributed by atoms with Crippen LogP contribution in [0.5, 0.6) is 0 Å². The van der Waals surface area contributed by atoms with Gasteiger partial charge in [0, 0.05) is 35.7 Å². The fraction of sp³-hybridized carbons (Fsp3) is 0.381. The van der Waals surface area contributed by atoms with Crippen molar-refractivity contribution in [2.45, 2.75) is 51.5 Å². The quantitative estimate of drug-likeness (QED) is 0.918. The van der Waals surface area contributed by atoms with Crippen LogP contribution >= 0.6 is 0 Å². The topological polar surface area (TPSA) is 62.3 Å². The van der Waals surface area contributed by atoms with Crippen molar-refractivity contribution in [3.8, 4) is 0 Å². The molecular formula is C21H23N3O2. The number of benzene rings is 1. The Bertz CT molecular complexity index is 862. The molecule has 26 heavy (non-hydrogen) atoms. The van der Waals surface area contributed by atoms with Crippen LogP contribution in [0.1, 0.15) is 54.2 Å². The summed E-state index contributed by atoms with van der Waals surface area (Å²) in [5, 5.41) is 2.94. The van der Waals surface area contributed by atoms with E-state index in [1.165, 1.54) is 12.0 Å². The summed E-state index contributed by atoms with van der Waals surface area (Å²) in [6.45, 7) is 2.05. The van der Waals surface area contributed by atoms with Crippen molar-refractivity contribution in [3.05, 3.63) is 53.3 Å². The van der Waals surface area contributed by atoms with Crippen molar-refractivity contribution in [2.75, 3.05) is 10.2 Å². The SMILES string of the molecule is CC1CCC(=O)N1c1cccc(NC(=O)c2cnc3c(c2)CCCC3)c1. The largest absolute Gasteiger partial charge is 0.322 e. The molecule has 0 radical (unpaired) electrons. The summed E-state index contributed by atoms with van der Waals surface area (Å²) in [4.78, 5) is 31.0. The smallest absolute Gasteiger partial charge is 0.257 e. The molecule has 1 aromatic carbocycles. The lowest BCUT2D eigenvalue weighted by Crippen LogP contribution is -2.30. The predicted molar refractivity (Wildman–Crippen MR) is 101 cm³/mol. The van der Waals surface area contributed by atoms with E-state index < -0.39 is 0 Å². The van der Waals surface area contributed by atoms with Crippen LogP contribution in [-0.4, -0.2) is 22.8 Å². The van der Waals surface area contributed by atoms with Crippen molar-refractivity contribution in [3.63, 3.8) is 0 Å². The zero-order valence-electron chi connectivity index (χ0n) is 15.0. The monoisotopic (exact) mass is 349 g/mol. The molecular weight excluding hydrogens is 326 g/mol. The highest BCUT2D eigenvalue weighted by molar-refractivity contribution is 6.05. The Morgan fingerprint density at radius 2 is 2.04 bits per heavy atom. The number of aromatic nitrogens is 1. The van der Waals surface area contributed by atoms with Gasteiger partial charge in [-0.1, -0.05) is 6.07 Å². The molecule has 5 nitrogen and oxygen atoms in total. The van der Waals surface area contributed by atoms with Crippen LogP contribution in [0.4, 0.5) is 11.4 Å². The van der Waals surface area contributed by atoms with Gasteiger partial charge in [0.15, 0.2) is 0 Å². The van der Waals surface area contributed by atoms with E-state index >= 15 is 0 Å². The summed E-state index contributed by atoms with van der Waals surface area (Å²) in [6, 6.07) is 9.65. The first kappa shape index (κ1) is 16.8. The van der Waals surface area contributed by atoms with E-state index in [0.717, 1.165) is 37.1 Å². The lowest BCUT2D eigenvalue weighted by molar-refractivity contribution is -0.117. The van der Waals surface area contributed by atoms with Crippen molar-refractivity contribution in [1.82, 2.24) is 4.98 Å². The maximum Gasteiger partial charge on any atom is 0.257 e. The maximum atomic E-state index is 12.6. The lowest BCUT2D eigenvalue weighted by atomic mass is 9.95. The molecule has 0 saturated carbocycles. The predicted octanol–water partition coefficient (Wildman–Crippen LogP) is 3.73. The average molecular weight is 349 g/mol. The van der Waals surface area contributed by atoms with E-state index in [1.54, 1.807) is 6.20 Å². The molecule has 1 atom stereocenters. The number of hydrogen-bond donors (Lipinski definition) is 1. The van der Waals surface area contributed by atoms with Crippen LogP contribution in [-0.2, 0) is 17.6 Å². The highest BCUT2D eigenvalue weighted by Crippen LogP contribution is 2.28. The van der Waals surface area contributed by atoms with Gasteiger partial charge in [-0.25, -0.2) is 0 Å². The molecule has 1 aliphatic carbocycles. The maximum absolute atomic E-state index is 12.6. The fourth-order valence-corrected chi connectivity index (χ4v) is 3.88. The van der Waals surface area contributed by atoms with Crippen molar-refractivity contribution in [1.29, 1.82) is 0 Å². The number of hydrogen-bond acceptors (Lipinski definition) is 3. The summed E-state index contributed by atoms with van der Waals surface area (Å²) in [7, 11) is 0. The number of pyridine rings is 1. The number of carbonyl (C=O) groups excluding carboxylic acids is 2. The van der Waals surface area contributed by atoms with Gasteiger partial charge in [-0.15, -0.1) is 0 Å². The second-order valence-corrected chi connectivity index (χ2v) is 7.19. The van der Waals surface area contributed by atoms with Crippen LogP contribution in [0, 0.1) is 0 Å². The minimum atomic E-state index is -0.163. The summed E-state index contributed by atoms with van der Waals surface area (Å²) in [6.07, 6.45) is 7.44. The van der Waals surface area contributed by atoms with E-state index in [0.29, 0.717) is 17.7 Å². The lowest BCUT2D eigenvalue weighted by Gasteiger charge is -2.22. The number of amides is 2. The van der Waals surface area contributed by atoms with E-state index in [1.807, 2.05) is 35.2 Å². The molecule has 2 amide bonds. The molecule has 2 aromatic rings. The third-order valence-electron chi connectivity index (χ3n) is 5.30. The van der Waals surface area contributed by atoms with E-state index in [4.69, 9.17) is 0 Å². The Balaban J connectivity index is 1.53. The van der Waals surface area contributed by atoms with Crippen LogP contribution in [0.15, 0.2) is 36.5 Å². The zero-order valence-corrected chi connectivity index (χ0v) is 15.0. The second kappa shape index (κ2) is 6.90. The normalized spacial score (nSPS) is 19.3. The number of fused-ring (bicyclic) bond motifs is 1. The molecule has 1 fully saturated rings. The molecule has 0 spiro atoms. The Labute approximate surface area is 153 Å². The summed E-state index contributed by atoms with van der Waals surface area (Å²) in [5.74, 6) is -0.0244. The minimum Gasteiger partial charge on any atom is -0.322 e. The molecule has 1 unspecified atom stereocenters. The van der Waals surface area contributed by atoms with Crippen molar-refractivity contribution >= 4 is 23.2 Å². The molecule has 2 aliphatic rings. The van der Waals surface area contributed by atoms with Crippen LogP contribution in [0.2, 0.25) is 0 Å². The van der Waals surface area contributed by atoms with E-state index in [2.05, 4.69) is 17.2 Å². The Morgan fingerprint density at radius 3 is 2.85 bits per heavy atom. The molecule has 5 heteroatoms. The van der Waals surface area contributed by atoms with Crippen molar-refractivity contribution in [2.24, 2.45) is 0 Å². The Hall–Kier alpha value is -2.69. The first-order valence-electron chi connectivity index (χ1n) is 9.33. The average Bonchev–Trinajstić information content (AvgIpc) is 3.00. The molecule has 1 N–H and O–H groups in total. The van der Waals surface area contributed by atoms with Crippen LogP contribution in [0.25, 0.3) is 0 Å². The molecule has 1 saturated heterocycles. The fourth-order valence-electron chi connectivity index (χ4n) is 3.88. The Morgan fingerprint density at radius 1 is 1.19 bits per heavy atom. The van der Waals surface area contributed by atoms with Gasteiger partial charge in [0.25, 0.3) is 5.91 Å².